The van der Waals surface area contributed by atoms with Crippen molar-refractivity contribution in [1.82, 2.24) is 9.55 Å². The fourth-order valence-corrected chi connectivity index (χ4v) is 0.474. The molecule has 0 radical (unpaired) electrons. The first-order chi connectivity index (χ1) is 6.26. The van der Waals surface area contributed by atoms with E-state index in [1.54, 1.807) is 12.5 Å². The Kier molecular flexibility index (Phi) is 12.8. The van der Waals surface area contributed by atoms with E-state index in [0.717, 1.165) is 6.54 Å². The average molecular weight is 180 g/mol. The molecule has 0 aliphatic rings. The van der Waals surface area contributed by atoms with E-state index in [9.17, 15) is 0 Å². The van der Waals surface area contributed by atoms with Crippen molar-refractivity contribution in [3.05, 3.63) is 18.7 Å². The number of aryl methyl sites for hydroxylation is 1. The first-order valence-electron chi connectivity index (χ1n) is 3.41. The molecule has 0 saturated heterocycles. The van der Waals surface area contributed by atoms with Crippen molar-refractivity contribution >= 4 is 0 Å². The molecule has 0 aromatic carbocycles. The summed E-state index contributed by atoms with van der Waals surface area (Å²) in [5, 5.41) is 14.2. The third-order valence-electron chi connectivity index (χ3n) is 0.924. The highest BCUT2D eigenvalue weighted by atomic mass is 15.0. The minimum Gasteiger partial charge on any atom is -0.338 e. The third-order valence-corrected chi connectivity index (χ3v) is 0.924. The van der Waals surface area contributed by atoms with Crippen molar-refractivity contribution < 1.29 is 0 Å². The van der Waals surface area contributed by atoms with Gasteiger partial charge in [-0.25, -0.2) is 4.98 Å². The molecule has 0 saturated carbocycles. The topological polar surface area (TPSA) is 117 Å². The molecule has 4 N–H and O–H groups in total. The van der Waals surface area contributed by atoms with E-state index in [-0.39, 0.29) is 0 Å². The zero-order valence-corrected chi connectivity index (χ0v) is 7.38. The average Bonchev–Trinajstić information content (AvgIpc) is 2.58. The molecular weight excluding hydrogens is 168 g/mol. The summed E-state index contributed by atoms with van der Waals surface area (Å²) in [5.41, 5.74) is 8.31. The maximum atomic E-state index is 7.10. The van der Waals surface area contributed by atoms with Crippen LogP contribution in [0.4, 0.5) is 0 Å². The minimum atomic E-state index is 1.01. The molecule has 0 spiro atoms. The predicted molar refractivity (Wildman–Crippen MR) is 47.5 cm³/mol. The Morgan fingerprint density at radius 3 is 2.00 bits per heavy atom. The zero-order chi connectivity index (χ0) is 10.5. The van der Waals surface area contributed by atoms with E-state index in [4.69, 9.17) is 10.5 Å². The molecule has 0 atom stereocenters. The number of hydrogen-bond acceptors (Lipinski definition) is 5. The molecule has 0 unspecified atom stereocenters. The second-order valence-electron chi connectivity index (χ2n) is 1.65. The van der Waals surface area contributed by atoms with Crippen LogP contribution in [0.3, 0.4) is 0 Å². The van der Waals surface area contributed by atoms with Gasteiger partial charge < -0.3 is 16.0 Å². The van der Waals surface area contributed by atoms with Crippen LogP contribution in [0.25, 0.3) is 0 Å². The van der Waals surface area contributed by atoms with E-state index in [0.29, 0.717) is 0 Å². The van der Waals surface area contributed by atoms with Crippen LogP contribution in [0.15, 0.2) is 18.7 Å². The SMILES string of the molecule is CCn1ccnc1.N#CN.N#CN. The molecule has 0 fully saturated rings. The first-order valence-corrected chi connectivity index (χ1v) is 3.41. The summed E-state index contributed by atoms with van der Waals surface area (Å²) in [6.07, 6.45) is 8.03. The van der Waals surface area contributed by atoms with Crippen LogP contribution in [0.1, 0.15) is 6.92 Å². The maximum Gasteiger partial charge on any atom is 0.173 e. The highest BCUT2D eigenvalue weighted by Crippen LogP contribution is 1.81. The van der Waals surface area contributed by atoms with Crippen LogP contribution < -0.4 is 11.5 Å². The van der Waals surface area contributed by atoms with Crippen LogP contribution in [0, 0.1) is 22.9 Å². The van der Waals surface area contributed by atoms with Gasteiger partial charge in [0.05, 0.1) is 6.33 Å². The van der Waals surface area contributed by atoms with Crippen molar-refractivity contribution in [2.75, 3.05) is 0 Å². The minimum absolute atomic E-state index is 1.01. The molecule has 1 aromatic rings. The number of nitrogens with two attached hydrogens (primary N) is 2. The number of nitriles is 2. The van der Waals surface area contributed by atoms with E-state index in [1.165, 1.54) is 12.4 Å². The van der Waals surface area contributed by atoms with Crippen molar-refractivity contribution in [3.63, 3.8) is 0 Å². The van der Waals surface area contributed by atoms with Crippen LogP contribution in [0.5, 0.6) is 0 Å². The van der Waals surface area contributed by atoms with E-state index in [2.05, 4.69) is 23.4 Å². The largest absolute Gasteiger partial charge is 0.338 e. The molecule has 1 aromatic heterocycles. The highest BCUT2D eigenvalue weighted by Gasteiger charge is 1.77. The highest BCUT2D eigenvalue weighted by molar-refractivity contribution is 4.72. The lowest BCUT2D eigenvalue weighted by atomic mass is 10.7. The van der Waals surface area contributed by atoms with Gasteiger partial charge in [0.1, 0.15) is 0 Å². The second-order valence-corrected chi connectivity index (χ2v) is 1.65. The molecule has 1 heterocycles. The standard InChI is InChI=1S/C5H8N2.2CH2N2/c1-2-7-4-3-6-5-7;2*2-1-3/h3-5H,2H2,1H3;2*2H2. The van der Waals surface area contributed by atoms with Gasteiger partial charge in [-0.05, 0) is 6.92 Å². The predicted octanol–water partition coefficient (Wildman–Crippen LogP) is -0.245. The van der Waals surface area contributed by atoms with E-state index < -0.39 is 0 Å². The molecule has 13 heavy (non-hydrogen) atoms. The molecule has 1 rings (SSSR count). The summed E-state index contributed by atoms with van der Waals surface area (Å²) in [5.74, 6) is 0. The summed E-state index contributed by atoms with van der Waals surface area (Å²) in [6, 6.07) is 0. The van der Waals surface area contributed by atoms with Gasteiger partial charge in [-0.15, -0.1) is 0 Å². The van der Waals surface area contributed by atoms with Gasteiger partial charge in [0, 0.05) is 18.9 Å². The molecule has 6 heteroatoms. The Morgan fingerprint density at radius 2 is 1.85 bits per heavy atom. The zero-order valence-electron chi connectivity index (χ0n) is 7.38. The normalized spacial score (nSPS) is 6.08. The fourth-order valence-electron chi connectivity index (χ4n) is 0.474. The number of hydrogen-bond donors (Lipinski definition) is 2. The molecule has 0 bridgehead atoms. The number of aromatic nitrogens is 2. The van der Waals surface area contributed by atoms with E-state index in [1.807, 2.05) is 10.8 Å². The third kappa shape index (κ3) is 12.9. The van der Waals surface area contributed by atoms with Crippen LogP contribution >= 0.6 is 0 Å². The molecule has 0 aliphatic carbocycles. The van der Waals surface area contributed by atoms with Crippen molar-refractivity contribution in [1.29, 1.82) is 10.5 Å². The van der Waals surface area contributed by atoms with Gasteiger partial charge in [-0.3, -0.25) is 0 Å². The van der Waals surface area contributed by atoms with Gasteiger partial charge in [0.25, 0.3) is 0 Å². The van der Waals surface area contributed by atoms with Crippen LogP contribution in [-0.4, -0.2) is 9.55 Å². The van der Waals surface area contributed by atoms with Gasteiger partial charge in [-0.1, -0.05) is 0 Å². The first kappa shape index (κ1) is 13.4. The molecule has 0 aliphatic heterocycles. The van der Waals surface area contributed by atoms with Crippen molar-refractivity contribution in [2.45, 2.75) is 13.5 Å². The lowest BCUT2D eigenvalue weighted by Gasteiger charge is -1.87. The van der Waals surface area contributed by atoms with Gasteiger partial charge >= 0.3 is 0 Å². The Balaban J connectivity index is 0. The molecule has 0 amide bonds. The van der Waals surface area contributed by atoms with Gasteiger partial charge in [0.2, 0.25) is 0 Å². The Bertz CT molecular complexity index is 240. The molecule has 6 nitrogen and oxygen atoms in total. The van der Waals surface area contributed by atoms with Gasteiger partial charge in [-0.2, -0.15) is 10.5 Å². The number of nitrogens with zero attached hydrogens (tertiary/aromatic N) is 4. The maximum absolute atomic E-state index is 7.10. The van der Waals surface area contributed by atoms with E-state index >= 15 is 0 Å². The van der Waals surface area contributed by atoms with Crippen LogP contribution in [-0.2, 0) is 6.54 Å². The summed E-state index contributed by atoms with van der Waals surface area (Å²) < 4.78 is 2.01. The summed E-state index contributed by atoms with van der Waals surface area (Å²) >= 11 is 0. The number of imidazole rings is 1. The Morgan fingerprint density at radius 1 is 1.38 bits per heavy atom. The van der Waals surface area contributed by atoms with Crippen molar-refractivity contribution in [2.24, 2.45) is 11.5 Å². The number of rotatable bonds is 1. The summed E-state index contributed by atoms with van der Waals surface area (Å²) in [4.78, 5) is 3.86. The molecule has 70 valence electrons. The lowest BCUT2D eigenvalue weighted by molar-refractivity contribution is 0.761. The smallest absolute Gasteiger partial charge is 0.173 e. The van der Waals surface area contributed by atoms with Crippen LogP contribution in [0.2, 0.25) is 0 Å². The monoisotopic (exact) mass is 180 g/mol. The Hall–Kier alpha value is -2.21. The van der Waals surface area contributed by atoms with Gasteiger partial charge in [0.15, 0.2) is 12.4 Å². The fraction of sp³-hybridized carbons (Fsp3) is 0.286. The summed E-state index contributed by atoms with van der Waals surface area (Å²) in [6.45, 7) is 3.10. The summed E-state index contributed by atoms with van der Waals surface area (Å²) in [7, 11) is 0. The second kappa shape index (κ2) is 12.5. The van der Waals surface area contributed by atoms with Crippen molar-refractivity contribution in [3.8, 4) is 12.4 Å². The Labute approximate surface area is 77.0 Å². The molecular formula is C7H12N6. The quantitative estimate of drug-likeness (QED) is 0.456. The lowest BCUT2D eigenvalue weighted by Crippen LogP contribution is -1.85.